The van der Waals surface area contributed by atoms with Gasteiger partial charge in [-0.25, -0.2) is 0 Å². The van der Waals surface area contributed by atoms with Crippen LogP contribution in [0.1, 0.15) is 6.92 Å². The molecule has 1 aliphatic rings. The van der Waals surface area contributed by atoms with E-state index < -0.39 is 0 Å². The van der Waals surface area contributed by atoms with Gasteiger partial charge in [0.15, 0.2) is 11.5 Å². The Hall–Kier alpha value is -0.870. The van der Waals surface area contributed by atoms with Crippen molar-refractivity contribution in [2.75, 3.05) is 19.0 Å². The zero-order chi connectivity index (χ0) is 10.7. The maximum absolute atomic E-state index is 5.70. The van der Waals surface area contributed by atoms with E-state index in [0.29, 0.717) is 13.2 Å². The Bertz CT molecular complexity index is 341. The number of thioether (sulfide) groups is 1. The van der Waals surface area contributed by atoms with Gasteiger partial charge in [0.05, 0.1) is 0 Å². The Morgan fingerprint density at radius 3 is 2.80 bits per heavy atom. The summed E-state index contributed by atoms with van der Waals surface area (Å²) in [5, 5.41) is 0. The monoisotopic (exact) mass is 225 g/mol. The maximum Gasteiger partial charge on any atom is 0.162 e. The van der Waals surface area contributed by atoms with Gasteiger partial charge in [0.25, 0.3) is 0 Å². The first-order valence-electron chi connectivity index (χ1n) is 5.04. The first-order chi connectivity index (χ1) is 7.25. The van der Waals surface area contributed by atoms with Gasteiger partial charge in [-0.2, -0.15) is 0 Å². The molecule has 1 atom stereocenters. The molecule has 2 rings (SSSR count). The first-order valence-corrected chi connectivity index (χ1v) is 6.02. The summed E-state index contributed by atoms with van der Waals surface area (Å²) in [5.41, 5.74) is 5.70. The molecule has 0 bridgehead atoms. The third kappa shape index (κ3) is 2.79. The van der Waals surface area contributed by atoms with E-state index in [0.717, 1.165) is 17.3 Å². The Balaban J connectivity index is 2.07. The van der Waals surface area contributed by atoms with E-state index in [1.807, 2.05) is 25.1 Å². The van der Waals surface area contributed by atoms with Crippen LogP contribution < -0.4 is 15.2 Å². The Morgan fingerprint density at radius 1 is 1.33 bits per heavy atom. The molecule has 0 spiro atoms. The lowest BCUT2D eigenvalue weighted by molar-refractivity contribution is 0.171. The van der Waals surface area contributed by atoms with Gasteiger partial charge in [0.1, 0.15) is 13.2 Å². The average Bonchev–Trinajstić information content (AvgIpc) is 2.26. The van der Waals surface area contributed by atoms with Gasteiger partial charge >= 0.3 is 0 Å². The number of hydrogen-bond donors (Lipinski definition) is 1. The molecule has 4 heteroatoms. The largest absolute Gasteiger partial charge is 0.486 e. The average molecular weight is 225 g/mol. The van der Waals surface area contributed by atoms with E-state index in [-0.39, 0.29) is 6.04 Å². The first kappa shape index (κ1) is 10.6. The van der Waals surface area contributed by atoms with Crippen LogP contribution in [0.5, 0.6) is 11.5 Å². The fourth-order valence-corrected chi connectivity index (χ4v) is 2.15. The number of rotatable bonds is 3. The SMILES string of the molecule is CC(N)CSc1ccc2c(c1)OCCO2. The van der Waals surface area contributed by atoms with Gasteiger partial charge in [-0.15, -0.1) is 11.8 Å². The highest BCUT2D eigenvalue weighted by molar-refractivity contribution is 7.99. The Kier molecular flexibility index (Phi) is 3.38. The summed E-state index contributed by atoms with van der Waals surface area (Å²) in [4.78, 5) is 1.18. The highest BCUT2D eigenvalue weighted by Gasteiger charge is 2.11. The van der Waals surface area contributed by atoms with Crippen molar-refractivity contribution < 1.29 is 9.47 Å². The number of nitrogens with two attached hydrogens (primary N) is 1. The van der Waals surface area contributed by atoms with Crippen LogP contribution in [0, 0.1) is 0 Å². The highest BCUT2D eigenvalue weighted by atomic mass is 32.2. The lowest BCUT2D eigenvalue weighted by atomic mass is 10.3. The van der Waals surface area contributed by atoms with Crippen LogP contribution in [0.3, 0.4) is 0 Å². The van der Waals surface area contributed by atoms with Crippen molar-refractivity contribution >= 4 is 11.8 Å². The fraction of sp³-hybridized carbons (Fsp3) is 0.455. The molecule has 0 amide bonds. The van der Waals surface area contributed by atoms with Crippen molar-refractivity contribution in [3.63, 3.8) is 0 Å². The lowest BCUT2D eigenvalue weighted by Gasteiger charge is -2.18. The smallest absolute Gasteiger partial charge is 0.162 e. The zero-order valence-electron chi connectivity index (χ0n) is 8.73. The molecule has 0 radical (unpaired) electrons. The van der Waals surface area contributed by atoms with Gasteiger partial charge < -0.3 is 15.2 Å². The van der Waals surface area contributed by atoms with Crippen LogP contribution in [-0.4, -0.2) is 25.0 Å². The predicted molar refractivity (Wildman–Crippen MR) is 61.8 cm³/mol. The minimum atomic E-state index is 0.211. The van der Waals surface area contributed by atoms with Gasteiger partial charge in [0, 0.05) is 16.7 Å². The van der Waals surface area contributed by atoms with Crippen molar-refractivity contribution in [1.82, 2.24) is 0 Å². The molecule has 1 heterocycles. The minimum Gasteiger partial charge on any atom is -0.486 e. The predicted octanol–water partition coefficient (Wildman–Crippen LogP) is 1.90. The van der Waals surface area contributed by atoms with Crippen LogP contribution in [0.15, 0.2) is 23.1 Å². The fourth-order valence-electron chi connectivity index (χ4n) is 1.34. The number of hydrogen-bond acceptors (Lipinski definition) is 4. The molecular formula is C11H15NO2S. The summed E-state index contributed by atoms with van der Waals surface area (Å²) in [5.74, 6) is 2.60. The number of benzene rings is 1. The van der Waals surface area contributed by atoms with E-state index in [9.17, 15) is 0 Å². The second kappa shape index (κ2) is 4.77. The molecule has 0 saturated heterocycles. The molecule has 0 saturated carbocycles. The summed E-state index contributed by atoms with van der Waals surface area (Å²) in [6.45, 7) is 3.28. The second-order valence-corrected chi connectivity index (χ2v) is 4.69. The van der Waals surface area contributed by atoms with E-state index in [1.165, 1.54) is 4.90 Å². The zero-order valence-corrected chi connectivity index (χ0v) is 9.55. The van der Waals surface area contributed by atoms with Crippen molar-refractivity contribution in [3.8, 4) is 11.5 Å². The maximum atomic E-state index is 5.70. The molecule has 1 unspecified atom stereocenters. The third-order valence-electron chi connectivity index (χ3n) is 2.03. The Labute approximate surface area is 93.9 Å². The van der Waals surface area contributed by atoms with Crippen molar-refractivity contribution in [1.29, 1.82) is 0 Å². The lowest BCUT2D eigenvalue weighted by Crippen LogP contribution is -2.17. The molecule has 1 aromatic carbocycles. The van der Waals surface area contributed by atoms with Crippen LogP contribution in [0.4, 0.5) is 0 Å². The quantitative estimate of drug-likeness (QED) is 0.798. The normalized spacial score (nSPS) is 16.1. The number of fused-ring (bicyclic) bond motifs is 1. The van der Waals surface area contributed by atoms with E-state index in [4.69, 9.17) is 15.2 Å². The molecule has 0 aromatic heterocycles. The van der Waals surface area contributed by atoms with Crippen LogP contribution in [0.2, 0.25) is 0 Å². The van der Waals surface area contributed by atoms with Gasteiger partial charge in [-0.1, -0.05) is 0 Å². The molecule has 0 aliphatic carbocycles. The van der Waals surface area contributed by atoms with Crippen molar-refractivity contribution in [3.05, 3.63) is 18.2 Å². The van der Waals surface area contributed by atoms with Crippen LogP contribution in [-0.2, 0) is 0 Å². The van der Waals surface area contributed by atoms with Gasteiger partial charge in [-0.3, -0.25) is 0 Å². The summed E-state index contributed by atoms with van der Waals surface area (Å²) < 4.78 is 10.9. The van der Waals surface area contributed by atoms with Crippen LogP contribution >= 0.6 is 11.8 Å². The topological polar surface area (TPSA) is 44.5 Å². The standard InChI is InChI=1S/C11H15NO2S/c1-8(12)7-15-9-2-3-10-11(6-9)14-5-4-13-10/h2-3,6,8H,4-5,7,12H2,1H3. The second-order valence-electron chi connectivity index (χ2n) is 3.59. The molecule has 3 nitrogen and oxygen atoms in total. The molecule has 0 fully saturated rings. The van der Waals surface area contributed by atoms with Crippen LogP contribution in [0.25, 0.3) is 0 Å². The summed E-state index contributed by atoms with van der Waals surface area (Å²) in [6, 6.07) is 6.23. The van der Waals surface area contributed by atoms with Crippen molar-refractivity contribution in [2.24, 2.45) is 5.73 Å². The van der Waals surface area contributed by atoms with E-state index in [1.54, 1.807) is 11.8 Å². The molecule has 82 valence electrons. The highest BCUT2D eigenvalue weighted by Crippen LogP contribution is 2.34. The van der Waals surface area contributed by atoms with E-state index in [2.05, 4.69) is 0 Å². The third-order valence-corrected chi connectivity index (χ3v) is 3.31. The summed E-state index contributed by atoms with van der Waals surface area (Å²) >= 11 is 1.74. The number of ether oxygens (including phenoxy) is 2. The molecule has 15 heavy (non-hydrogen) atoms. The summed E-state index contributed by atoms with van der Waals surface area (Å²) in [7, 11) is 0. The molecule has 2 N–H and O–H groups in total. The van der Waals surface area contributed by atoms with Crippen molar-refractivity contribution in [2.45, 2.75) is 17.9 Å². The van der Waals surface area contributed by atoms with E-state index >= 15 is 0 Å². The summed E-state index contributed by atoms with van der Waals surface area (Å²) in [6.07, 6.45) is 0. The van der Waals surface area contributed by atoms with Gasteiger partial charge in [-0.05, 0) is 25.1 Å². The molecular weight excluding hydrogens is 210 g/mol. The Morgan fingerprint density at radius 2 is 2.07 bits per heavy atom. The van der Waals surface area contributed by atoms with Gasteiger partial charge in [0.2, 0.25) is 0 Å². The minimum absolute atomic E-state index is 0.211. The molecule has 1 aliphatic heterocycles. The molecule has 1 aromatic rings.